The lowest BCUT2D eigenvalue weighted by Crippen LogP contribution is -2.41. The number of rotatable bonds is 7. The fraction of sp³-hybridized carbons (Fsp3) is 0.385. The van der Waals surface area contributed by atoms with Crippen LogP contribution in [0.3, 0.4) is 0 Å². The molecule has 1 fully saturated rings. The van der Waals surface area contributed by atoms with Crippen molar-refractivity contribution >= 4 is 23.5 Å². The summed E-state index contributed by atoms with van der Waals surface area (Å²) in [6.07, 6.45) is -0.550. The normalized spacial score (nSPS) is 15.9. The Balaban J connectivity index is 1.48. The number of likely N-dealkylation sites (tertiary alicyclic amines) is 1. The Labute approximate surface area is 231 Å². The molecule has 1 aliphatic rings. The van der Waals surface area contributed by atoms with Crippen molar-refractivity contribution in [2.24, 2.45) is 0 Å². The Morgan fingerprint density at radius 1 is 1.12 bits per heavy atom. The summed E-state index contributed by atoms with van der Waals surface area (Å²) < 4.78 is 72.4. The number of aromatic nitrogens is 3. The minimum atomic E-state index is -4.65. The van der Waals surface area contributed by atoms with Gasteiger partial charge in [-0.25, -0.2) is 28.5 Å². The molecule has 8 nitrogen and oxygen atoms in total. The number of pyridine rings is 1. The van der Waals surface area contributed by atoms with E-state index in [4.69, 9.17) is 4.74 Å². The van der Waals surface area contributed by atoms with Gasteiger partial charge in [-0.1, -0.05) is 23.9 Å². The Bertz CT molecular complexity index is 1350. The third-order valence-electron chi connectivity index (χ3n) is 6.44. The molecule has 1 aliphatic heterocycles. The van der Waals surface area contributed by atoms with E-state index in [-0.39, 0.29) is 24.9 Å². The van der Waals surface area contributed by atoms with E-state index < -0.39 is 47.4 Å². The highest BCUT2D eigenvalue weighted by atomic mass is 32.2. The summed E-state index contributed by atoms with van der Waals surface area (Å²) in [5, 5.41) is 14.0. The zero-order chi connectivity index (χ0) is 29.1. The van der Waals surface area contributed by atoms with Crippen molar-refractivity contribution in [3.8, 4) is 5.88 Å². The minimum absolute atomic E-state index is 0.212. The molecule has 14 heteroatoms. The van der Waals surface area contributed by atoms with Crippen LogP contribution < -0.4 is 10.1 Å². The van der Waals surface area contributed by atoms with E-state index in [0.29, 0.717) is 29.3 Å². The van der Waals surface area contributed by atoms with Crippen LogP contribution in [0.25, 0.3) is 0 Å². The molecule has 0 bridgehead atoms. The fourth-order valence-electron chi connectivity index (χ4n) is 4.31. The van der Waals surface area contributed by atoms with Crippen molar-refractivity contribution in [3.63, 3.8) is 0 Å². The highest BCUT2D eigenvalue weighted by Gasteiger charge is 2.35. The van der Waals surface area contributed by atoms with E-state index in [2.05, 4.69) is 20.3 Å². The molecule has 40 heavy (non-hydrogen) atoms. The van der Waals surface area contributed by atoms with Crippen LogP contribution in [0.5, 0.6) is 5.88 Å². The molecule has 0 spiro atoms. The number of hydrogen-bond acceptors (Lipinski definition) is 7. The molecule has 3 heterocycles. The number of amides is 2. The van der Waals surface area contributed by atoms with Crippen molar-refractivity contribution in [2.45, 2.75) is 42.6 Å². The molecule has 1 atom stereocenters. The molecule has 214 valence electrons. The molecule has 2 aromatic heterocycles. The third-order valence-corrected chi connectivity index (χ3v) is 7.00. The second-order valence-corrected chi connectivity index (χ2v) is 10.1. The first-order chi connectivity index (χ1) is 18.9. The Hall–Kier alpha value is -3.52. The maximum atomic E-state index is 14.0. The van der Waals surface area contributed by atoms with Gasteiger partial charge in [0.05, 0.1) is 5.69 Å². The molecule has 3 aromatic rings. The van der Waals surface area contributed by atoms with Crippen LogP contribution in [0.2, 0.25) is 0 Å². The van der Waals surface area contributed by atoms with Crippen LogP contribution in [0.4, 0.5) is 32.4 Å². The van der Waals surface area contributed by atoms with Gasteiger partial charge in [0.1, 0.15) is 35.2 Å². The summed E-state index contributed by atoms with van der Waals surface area (Å²) in [5.74, 6) is -2.29. The van der Waals surface area contributed by atoms with Gasteiger partial charge in [0, 0.05) is 36.8 Å². The second-order valence-electron chi connectivity index (χ2n) is 9.37. The molecule has 0 radical (unpaired) electrons. The van der Waals surface area contributed by atoms with Crippen molar-refractivity contribution < 1.29 is 36.6 Å². The van der Waals surface area contributed by atoms with E-state index in [1.165, 1.54) is 41.9 Å². The van der Waals surface area contributed by atoms with Gasteiger partial charge in [-0.05, 0) is 44.2 Å². The standard InChI is InChI=1S/C26H26F5N5O3S/c1-25(38,14-39-20-8-4-7-19(33-20)26(29,30)31)16-13-32-23(40-2)34-21(16)15-9-11-36(12-10-15)24(37)35-22-17(27)5-3-6-18(22)28/h3-8,13,15,38H,9-12,14H2,1-2H3,(H,35,37). The average Bonchev–Trinajstić information content (AvgIpc) is 2.93. The quantitative estimate of drug-likeness (QED) is 0.213. The van der Waals surface area contributed by atoms with Crippen LogP contribution in [0, 0.1) is 11.6 Å². The number of hydrogen-bond donors (Lipinski definition) is 2. The number of piperidine rings is 1. The lowest BCUT2D eigenvalue weighted by atomic mass is 9.86. The zero-order valence-corrected chi connectivity index (χ0v) is 22.3. The monoisotopic (exact) mass is 583 g/mol. The maximum absolute atomic E-state index is 14.0. The smallest absolute Gasteiger partial charge is 0.433 e. The fourth-order valence-corrected chi connectivity index (χ4v) is 4.65. The largest absolute Gasteiger partial charge is 0.474 e. The number of ether oxygens (including phenoxy) is 1. The molecule has 1 aromatic carbocycles. The van der Waals surface area contributed by atoms with E-state index in [9.17, 15) is 31.9 Å². The molecule has 0 aliphatic carbocycles. The van der Waals surface area contributed by atoms with E-state index in [1.807, 2.05) is 0 Å². The van der Waals surface area contributed by atoms with Crippen molar-refractivity contribution in [2.75, 3.05) is 31.3 Å². The summed E-state index contributed by atoms with van der Waals surface area (Å²) in [5.41, 5.74) is -2.49. The molecule has 1 unspecified atom stereocenters. The van der Waals surface area contributed by atoms with Crippen LogP contribution in [0.1, 0.15) is 42.6 Å². The number of carbonyl (C=O) groups is 1. The topological polar surface area (TPSA) is 100 Å². The number of urea groups is 1. The first-order valence-electron chi connectivity index (χ1n) is 12.2. The number of anilines is 1. The SMILES string of the molecule is CSc1ncc(C(C)(O)COc2cccc(C(F)(F)F)n2)c(C2CCN(C(=O)Nc3c(F)cccc3F)CC2)n1. The van der Waals surface area contributed by atoms with Gasteiger partial charge in [-0.15, -0.1) is 0 Å². The van der Waals surface area contributed by atoms with Crippen LogP contribution in [0.15, 0.2) is 47.8 Å². The van der Waals surface area contributed by atoms with Gasteiger partial charge in [-0.3, -0.25) is 0 Å². The minimum Gasteiger partial charge on any atom is -0.474 e. The number of carbonyl (C=O) groups excluding carboxylic acids is 1. The predicted octanol–water partition coefficient (Wildman–Crippen LogP) is 5.59. The second kappa shape index (κ2) is 11.9. The van der Waals surface area contributed by atoms with E-state index >= 15 is 0 Å². The molecular weight excluding hydrogens is 557 g/mol. The predicted molar refractivity (Wildman–Crippen MR) is 137 cm³/mol. The van der Waals surface area contributed by atoms with E-state index in [1.54, 1.807) is 6.26 Å². The first-order valence-corrected chi connectivity index (χ1v) is 13.4. The summed E-state index contributed by atoms with van der Waals surface area (Å²) >= 11 is 1.29. The molecular formula is C26H26F5N5O3S. The molecule has 4 rings (SSSR count). The van der Waals surface area contributed by atoms with Crippen LogP contribution in [-0.4, -0.2) is 56.9 Å². The zero-order valence-electron chi connectivity index (χ0n) is 21.5. The lowest BCUT2D eigenvalue weighted by molar-refractivity contribution is -0.141. The van der Waals surface area contributed by atoms with Crippen molar-refractivity contribution in [1.29, 1.82) is 0 Å². The summed E-state index contributed by atoms with van der Waals surface area (Å²) in [6.45, 7) is 1.51. The number of nitrogens with zero attached hydrogens (tertiary/aromatic N) is 4. The summed E-state index contributed by atoms with van der Waals surface area (Å²) in [7, 11) is 0. The number of thioether (sulfide) groups is 1. The molecule has 2 amide bonds. The summed E-state index contributed by atoms with van der Waals surface area (Å²) in [6, 6.07) is 5.87. The Morgan fingerprint density at radius 2 is 1.77 bits per heavy atom. The van der Waals surface area contributed by atoms with Gasteiger partial charge in [-0.2, -0.15) is 13.2 Å². The number of aliphatic hydroxyl groups is 1. The van der Waals surface area contributed by atoms with Crippen molar-refractivity contribution in [3.05, 3.63) is 71.2 Å². The van der Waals surface area contributed by atoms with Gasteiger partial charge in [0.2, 0.25) is 5.88 Å². The first kappa shape index (κ1) is 29.5. The van der Waals surface area contributed by atoms with Gasteiger partial charge in [0.15, 0.2) is 5.16 Å². The molecule has 1 saturated heterocycles. The van der Waals surface area contributed by atoms with Gasteiger partial charge < -0.3 is 20.1 Å². The summed E-state index contributed by atoms with van der Waals surface area (Å²) in [4.78, 5) is 26.4. The molecule has 0 saturated carbocycles. The van der Waals surface area contributed by atoms with E-state index in [0.717, 1.165) is 24.3 Å². The third kappa shape index (κ3) is 6.78. The lowest BCUT2D eigenvalue weighted by Gasteiger charge is -2.34. The number of benzene rings is 1. The van der Waals surface area contributed by atoms with Crippen LogP contribution >= 0.6 is 11.8 Å². The Morgan fingerprint density at radius 3 is 2.40 bits per heavy atom. The number of para-hydroxylation sites is 1. The number of halogens is 5. The molecule has 2 N–H and O–H groups in total. The average molecular weight is 584 g/mol. The highest BCUT2D eigenvalue weighted by molar-refractivity contribution is 7.98. The van der Waals surface area contributed by atoms with Gasteiger partial charge in [0.25, 0.3) is 0 Å². The Kier molecular flexibility index (Phi) is 8.78. The van der Waals surface area contributed by atoms with Crippen LogP contribution in [-0.2, 0) is 11.8 Å². The highest BCUT2D eigenvalue weighted by Crippen LogP contribution is 2.35. The van der Waals surface area contributed by atoms with Gasteiger partial charge >= 0.3 is 12.2 Å². The number of nitrogens with one attached hydrogen (secondary N) is 1. The maximum Gasteiger partial charge on any atom is 0.433 e. The number of alkyl halides is 3. The van der Waals surface area contributed by atoms with Crippen molar-refractivity contribution in [1.82, 2.24) is 19.9 Å².